The fourth-order valence-corrected chi connectivity index (χ4v) is 5.33. The Labute approximate surface area is 149 Å². The molecule has 1 heterocycles. The molecular weight excluding hydrogens is 410 g/mol. The fourth-order valence-electron chi connectivity index (χ4n) is 3.55. The Morgan fingerprint density at radius 3 is 2.18 bits per heavy atom. The third-order valence-electron chi connectivity index (χ3n) is 5.01. The largest absolute Gasteiger partial charge is 0.390 e. The Morgan fingerprint density at radius 1 is 1.05 bits per heavy atom. The molecule has 0 spiro atoms. The molecule has 1 aliphatic heterocycles. The summed E-state index contributed by atoms with van der Waals surface area (Å²) in [5.74, 6) is 0.352. The van der Waals surface area contributed by atoms with Crippen LogP contribution in [0.25, 0.3) is 0 Å². The second kappa shape index (κ2) is 10.4. The topological polar surface area (TPSA) is 52.6 Å². The Bertz CT molecular complexity index is 336. The molecule has 1 saturated heterocycles. The van der Waals surface area contributed by atoms with Crippen LogP contribution in [0.4, 0.5) is 0 Å². The summed E-state index contributed by atoms with van der Waals surface area (Å²) >= 11 is 2.35. The number of β-amino-alcohol motifs (C(OH)–C–C–N with tert-alkyl or cyclic N) is 1. The minimum Gasteiger partial charge on any atom is -0.390 e. The van der Waals surface area contributed by atoms with Crippen LogP contribution < -0.4 is 5.32 Å². The number of piperidine rings is 1. The molecule has 128 valence electrons. The molecule has 3 unspecified atom stereocenters. The van der Waals surface area contributed by atoms with Gasteiger partial charge in [0.15, 0.2) is 0 Å². The van der Waals surface area contributed by atoms with Crippen LogP contribution in [0.1, 0.15) is 64.2 Å². The van der Waals surface area contributed by atoms with Gasteiger partial charge in [-0.2, -0.15) is 0 Å². The summed E-state index contributed by atoms with van der Waals surface area (Å²) in [7, 11) is 0. The zero-order chi connectivity index (χ0) is 15.8. The number of hydrogen-bond donors (Lipinski definition) is 2. The number of aliphatic hydroxyl groups is 1. The molecule has 2 fully saturated rings. The lowest BCUT2D eigenvalue weighted by Gasteiger charge is -2.35. The highest BCUT2D eigenvalue weighted by molar-refractivity contribution is 14.2. The first-order chi connectivity index (χ1) is 10.7. The average molecular weight is 440 g/mol. The van der Waals surface area contributed by atoms with E-state index in [4.69, 9.17) is 0 Å². The maximum absolute atomic E-state index is 12.6. The summed E-state index contributed by atoms with van der Waals surface area (Å²) in [5.41, 5.74) is 0. The SMILES string of the molecule is O=C(NC1CCN(PI)CC1O)C1CCCCCCCCC1. The molecule has 3 atom stereocenters. The van der Waals surface area contributed by atoms with E-state index in [9.17, 15) is 9.90 Å². The van der Waals surface area contributed by atoms with Gasteiger partial charge in [0.1, 0.15) is 0 Å². The van der Waals surface area contributed by atoms with Crippen molar-refractivity contribution in [3.05, 3.63) is 0 Å². The van der Waals surface area contributed by atoms with E-state index < -0.39 is 6.10 Å². The summed E-state index contributed by atoms with van der Waals surface area (Å²) in [6.07, 6.45) is 12.1. The molecule has 4 nitrogen and oxygen atoms in total. The van der Waals surface area contributed by atoms with Crippen LogP contribution >= 0.6 is 28.4 Å². The number of amides is 1. The standard InChI is InChI=1S/C16H30IN2O2P/c17-22-19-11-10-14(15(20)12-19)18-16(21)13-8-6-4-2-1-3-5-7-9-13/h13-15,20,22H,1-12H2,(H,18,21). The van der Waals surface area contributed by atoms with Gasteiger partial charge in [-0.1, -0.05) is 44.9 Å². The maximum Gasteiger partial charge on any atom is 0.223 e. The van der Waals surface area contributed by atoms with Gasteiger partial charge in [0.25, 0.3) is 0 Å². The van der Waals surface area contributed by atoms with Gasteiger partial charge in [-0.15, -0.1) is 0 Å². The molecule has 0 aromatic rings. The van der Waals surface area contributed by atoms with Gasteiger partial charge >= 0.3 is 0 Å². The van der Waals surface area contributed by atoms with E-state index in [2.05, 4.69) is 32.0 Å². The van der Waals surface area contributed by atoms with Crippen molar-refractivity contribution in [2.75, 3.05) is 13.1 Å². The van der Waals surface area contributed by atoms with Gasteiger partial charge in [-0.25, -0.2) is 0 Å². The van der Waals surface area contributed by atoms with E-state index in [1.165, 1.54) is 44.9 Å². The molecule has 2 aliphatic rings. The number of carbonyl (C=O) groups is 1. The van der Waals surface area contributed by atoms with Gasteiger partial charge in [-0.3, -0.25) is 9.46 Å². The van der Waals surface area contributed by atoms with Crippen molar-refractivity contribution in [1.82, 2.24) is 9.99 Å². The van der Waals surface area contributed by atoms with Crippen LogP contribution in [0.5, 0.6) is 0 Å². The number of carbonyl (C=O) groups excluding carboxylic acids is 1. The lowest BCUT2D eigenvalue weighted by molar-refractivity contribution is -0.127. The number of aliphatic hydroxyl groups excluding tert-OH is 1. The van der Waals surface area contributed by atoms with E-state index >= 15 is 0 Å². The van der Waals surface area contributed by atoms with Gasteiger partial charge in [0.2, 0.25) is 5.91 Å². The minimum absolute atomic E-state index is 0.0492. The number of rotatable bonds is 3. The highest BCUT2D eigenvalue weighted by Gasteiger charge is 2.30. The summed E-state index contributed by atoms with van der Waals surface area (Å²) in [6.45, 7) is 1.67. The zero-order valence-corrected chi connectivity index (χ0v) is 16.6. The Morgan fingerprint density at radius 2 is 1.64 bits per heavy atom. The van der Waals surface area contributed by atoms with Crippen molar-refractivity contribution >= 4 is 34.3 Å². The summed E-state index contributed by atoms with van der Waals surface area (Å²) in [6, 6.07) is -0.0492. The Kier molecular flexibility index (Phi) is 8.95. The highest BCUT2D eigenvalue weighted by Crippen LogP contribution is 2.30. The second-order valence-electron chi connectivity index (χ2n) is 6.75. The third kappa shape index (κ3) is 6.21. The van der Waals surface area contributed by atoms with Crippen molar-refractivity contribution in [2.24, 2.45) is 5.92 Å². The monoisotopic (exact) mass is 440 g/mol. The molecule has 2 rings (SSSR count). The molecule has 1 aliphatic carbocycles. The van der Waals surface area contributed by atoms with Crippen molar-refractivity contribution in [3.63, 3.8) is 0 Å². The van der Waals surface area contributed by atoms with Crippen molar-refractivity contribution in [2.45, 2.75) is 76.4 Å². The molecule has 1 amide bonds. The van der Waals surface area contributed by atoms with E-state index in [1.54, 1.807) is 0 Å². The minimum atomic E-state index is -0.417. The van der Waals surface area contributed by atoms with E-state index in [0.717, 1.165) is 25.8 Å². The van der Waals surface area contributed by atoms with Crippen molar-refractivity contribution < 1.29 is 9.90 Å². The molecule has 22 heavy (non-hydrogen) atoms. The van der Waals surface area contributed by atoms with Gasteiger partial charge in [-0.05, 0) is 41.3 Å². The average Bonchev–Trinajstić information content (AvgIpc) is 2.54. The molecular formula is C16H30IN2O2P. The molecule has 0 aromatic carbocycles. The molecule has 6 heteroatoms. The van der Waals surface area contributed by atoms with Crippen molar-refractivity contribution in [3.8, 4) is 0 Å². The Hall–Kier alpha value is 0.550. The first-order valence-corrected chi connectivity index (χ1v) is 12.9. The zero-order valence-electron chi connectivity index (χ0n) is 13.4. The second-order valence-corrected chi connectivity index (χ2v) is 9.00. The van der Waals surface area contributed by atoms with Crippen molar-refractivity contribution in [1.29, 1.82) is 0 Å². The molecule has 2 N–H and O–H groups in total. The maximum atomic E-state index is 12.6. The van der Waals surface area contributed by atoms with Gasteiger partial charge < -0.3 is 10.4 Å². The lowest BCUT2D eigenvalue weighted by atomic mass is 9.91. The quantitative estimate of drug-likeness (QED) is 0.521. The van der Waals surface area contributed by atoms with Crippen LogP contribution in [-0.4, -0.2) is 40.9 Å². The summed E-state index contributed by atoms with van der Waals surface area (Å²) < 4.78 is 2.26. The fraction of sp³-hybridized carbons (Fsp3) is 0.938. The number of hydrogen-bond acceptors (Lipinski definition) is 3. The van der Waals surface area contributed by atoms with E-state index in [-0.39, 0.29) is 17.9 Å². The summed E-state index contributed by atoms with van der Waals surface area (Å²) in [5, 5.41) is 13.4. The predicted octanol–water partition coefficient (Wildman–Crippen LogP) is 3.62. The van der Waals surface area contributed by atoms with Gasteiger partial charge in [0.05, 0.1) is 12.1 Å². The highest BCUT2D eigenvalue weighted by atomic mass is 127. The first-order valence-electron chi connectivity index (χ1n) is 8.80. The van der Waals surface area contributed by atoms with E-state index in [1.807, 2.05) is 0 Å². The normalized spacial score (nSPS) is 30.5. The molecule has 0 bridgehead atoms. The third-order valence-corrected chi connectivity index (χ3v) is 7.70. The smallest absolute Gasteiger partial charge is 0.223 e. The molecule has 0 aromatic heterocycles. The predicted molar refractivity (Wildman–Crippen MR) is 102 cm³/mol. The molecule has 0 radical (unpaired) electrons. The van der Waals surface area contributed by atoms with E-state index in [0.29, 0.717) is 12.9 Å². The van der Waals surface area contributed by atoms with Gasteiger partial charge in [0, 0.05) is 25.4 Å². The van der Waals surface area contributed by atoms with Crippen LogP contribution in [0.3, 0.4) is 0 Å². The van der Waals surface area contributed by atoms with Crippen LogP contribution in [0.15, 0.2) is 0 Å². The number of nitrogens with one attached hydrogen (secondary N) is 1. The summed E-state index contributed by atoms with van der Waals surface area (Å²) in [4.78, 5) is 12.6. The number of halogens is 1. The lowest BCUT2D eigenvalue weighted by Crippen LogP contribution is -2.53. The van der Waals surface area contributed by atoms with Crippen LogP contribution in [-0.2, 0) is 4.79 Å². The van der Waals surface area contributed by atoms with Crippen LogP contribution in [0, 0.1) is 5.92 Å². The number of nitrogens with zero attached hydrogens (tertiary/aromatic N) is 1. The molecule has 1 saturated carbocycles. The van der Waals surface area contributed by atoms with Crippen LogP contribution in [0.2, 0.25) is 0 Å². The Balaban J connectivity index is 1.81. The first kappa shape index (κ1) is 18.9.